The van der Waals surface area contributed by atoms with Crippen LogP contribution < -0.4 is 0 Å². The van der Waals surface area contributed by atoms with Crippen LogP contribution in [-0.4, -0.2) is 48.8 Å². The molecule has 1 N–H and O–H groups in total. The van der Waals surface area contributed by atoms with Gasteiger partial charge in [-0.3, -0.25) is 4.79 Å². The molecule has 1 saturated heterocycles. The average Bonchev–Trinajstić information content (AvgIpc) is 3.10. The molecule has 0 unspecified atom stereocenters. The molecule has 1 aromatic rings. The molecule has 3 rings (SSSR count). The second-order valence-electron chi connectivity index (χ2n) is 6.06. The minimum atomic E-state index is -0.0839. The zero-order valence-electron chi connectivity index (χ0n) is 12.5. The predicted molar refractivity (Wildman–Crippen MR) is 75.1 cm³/mol. The summed E-state index contributed by atoms with van der Waals surface area (Å²) in [6.07, 6.45) is 5.69. The van der Waals surface area contributed by atoms with Crippen LogP contribution in [0.25, 0.3) is 0 Å². The largest absolute Gasteiger partial charge is 0.394 e. The van der Waals surface area contributed by atoms with E-state index in [1.54, 1.807) is 0 Å². The maximum atomic E-state index is 12.5. The van der Waals surface area contributed by atoms with Crippen molar-refractivity contribution in [2.75, 3.05) is 6.61 Å². The molecule has 2 heterocycles. The lowest BCUT2D eigenvalue weighted by Crippen LogP contribution is -2.41. The molecule has 7 nitrogen and oxygen atoms in total. The summed E-state index contributed by atoms with van der Waals surface area (Å²) in [5, 5.41) is 21.6. The molecule has 2 atom stereocenters. The van der Waals surface area contributed by atoms with E-state index < -0.39 is 0 Å². The van der Waals surface area contributed by atoms with Gasteiger partial charge in [-0.25, -0.2) is 4.68 Å². The van der Waals surface area contributed by atoms with Crippen LogP contribution in [0, 0.1) is 5.92 Å². The Balaban J connectivity index is 1.82. The molecule has 7 heteroatoms. The second kappa shape index (κ2) is 6.09. The summed E-state index contributed by atoms with van der Waals surface area (Å²) >= 11 is 0. The van der Waals surface area contributed by atoms with Crippen LogP contribution in [0.15, 0.2) is 0 Å². The minimum absolute atomic E-state index is 0.0193. The monoisotopic (exact) mass is 293 g/mol. The molecule has 0 radical (unpaired) electrons. The number of aliphatic hydroxyl groups is 1. The number of likely N-dealkylation sites (tertiary alicyclic amines) is 1. The summed E-state index contributed by atoms with van der Waals surface area (Å²) in [5.74, 6) is 1.09. The number of carbonyl (C=O) groups is 1. The summed E-state index contributed by atoms with van der Waals surface area (Å²) in [5.41, 5.74) is 0. The molecule has 2 aliphatic rings. The number of carbonyl (C=O) groups excluding carboxylic acids is 1. The fourth-order valence-electron chi connectivity index (χ4n) is 3.11. The van der Waals surface area contributed by atoms with Gasteiger partial charge in [0, 0.05) is 12.5 Å². The van der Waals surface area contributed by atoms with E-state index in [0.29, 0.717) is 0 Å². The van der Waals surface area contributed by atoms with Gasteiger partial charge in [0.1, 0.15) is 0 Å². The predicted octanol–water partition coefficient (Wildman–Crippen LogP) is 0.908. The maximum Gasteiger partial charge on any atom is 0.226 e. The summed E-state index contributed by atoms with van der Waals surface area (Å²) < 4.78 is 1.82. The van der Waals surface area contributed by atoms with Gasteiger partial charge in [0.2, 0.25) is 5.91 Å². The third-order valence-corrected chi connectivity index (χ3v) is 4.48. The van der Waals surface area contributed by atoms with E-state index in [1.165, 1.54) is 0 Å². The highest BCUT2D eigenvalue weighted by Gasteiger charge is 2.44. The van der Waals surface area contributed by atoms with E-state index in [0.717, 1.165) is 50.9 Å². The standard InChI is InChI=1S/C14H23N5O2/c1-2-3-8-18-13(15-16-17-18)12-7-6-11(9-20)19(12)14(21)10-4-5-10/h10-12,20H,2-9H2,1H3/t11-,12-/m0/s1. The first-order valence-electron chi connectivity index (χ1n) is 7.95. The van der Waals surface area contributed by atoms with E-state index in [9.17, 15) is 9.90 Å². The lowest BCUT2D eigenvalue weighted by molar-refractivity contribution is -0.136. The van der Waals surface area contributed by atoms with Gasteiger partial charge in [-0.1, -0.05) is 13.3 Å². The Morgan fingerprint density at radius 3 is 2.81 bits per heavy atom. The SMILES string of the molecule is CCCCn1nnnc1[C@@H]1CC[C@@H](CO)N1C(=O)C1CC1. The number of aliphatic hydroxyl groups excluding tert-OH is 1. The normalized spacial score (nSPS) is 25.5. The lowest BCUT2D eigenvalue weighted by atomic mass is 10.2. The molecule has 0 spiro atoms. The van der Waals surface area contributed by atoms with Crippen LogP contribution in [0.1, 0.15) is 57.3 Å². The van der Waals surface area contributed by atoms with Crippen molar-refractivity contribution in [3.63, 3.8) is 0 Å². The zero-order valence-corrected chi connectivity index (χ0v) is 12.5. The van der Waals surface area contributed by atoms with Crippen molar-refractivity contribution in [3.05, 3.63) is 5.82 Å². The Morgan fingerprint density at radius 1 is 1.33 bits per heavy atom. The molecule has 2 fully saturated rings. The molecule has 1 saturated carbocycles. The van der Waals surface area contributed by atoms with Crippen LogP contribution in [0.2, 0.25) is 0 Å². The highest BCUT2D eigenvalue weighted by Crippen LogP contribution is 2.40. The number of unbranched alkanes of at least 4 members (excludes halogenated alkanes) is 1. The lowest BCUT2D eigenvalue weighted by Gasteiger charge is -2.29. The van der Waals surface area contributed by atoms with Gasteiger partial charge in [0.15, 0.2) is 5.82 Å². The van der Waals surface area contributed by atoms with Crippen LogP contribution in [-0.2, 0) is 11.3 Å². The molecule has 116 valence electrons. The van der Waals surface area contributed by atoms with Crippen molar-refractivity contribution in [2.45, 2.75) is 64.1 Å². The first-order chi connectivity index (χ1) is 10.3. The number of hydrogen-bond donors (Lipinski definition) is 1. The van der Waals surface area contributed by atoms with Crippen molar-refractivity contribution in [3.8, 4) is 0 Å². The number of tetrazole rings is 1. The molecule has 1 aliphatic carbocycles. The molecular formula is C14H23N5O2. The minimum Gasteiger partial charge on any atom is -0.394 e. The van der Waals surface area contributed by atoms with Crippen LogP contribution >= 0.6 is 0 Å². The second-order valence-corrected chi connectivity index (χ2v) is 6.06. The molecule has 0 bridgehead atoms. The molecule has 1 aliphatic heterocycles. The number of amides is 1. The summed E-state index contributed by atoms with van der Waals surface area (Å²) in [6.45, 7) is 2.93. The van der Waals surface area contributed by atoms with Crippen molar-refractivity contribution < 1.29 is 9.90 Å². The Hall–Kier alpha value is -1.50. The van der Waals surface area contributed by atoms with Gasteiger partial charge in [-0.05, 0) is 42.5 Å². The van der Waals surface area contributed by atoms with Crippen molar-refractivity contribution in [1.82, 2.24) is 25.1 Å². The van der Waals surface area contributed by atoms with Crippen molar-refractivity contribution >= 4 is 5.91 Å². The number of nitrogens with zero attached hydrogens (tertiary/aromatic N) is 5. The van der Waals surface area contributed by atoms with Crippen molar-refractivity contribution in [1.29, 1.82) is 0 Å². The van der Waals surface area contributed by atoms with Crippen LogP contribution in [0.5, 0.6) is 0 Å². The number of rotatable bonds is 6. The quantitative estimate of drug-likeness (QED) is 0.842. The van der Waals surface area contributed by atoms with E-state index in [4.69, 9.17) is 0 Å². The third kappa shape index (κ3) is 2.79. The Morgan fingerprint density at radius 2 is 2.14 bits per heavy atom. The van der Waals surface area contributed by atoms with E-state index in [1.807, 2.05) is 9.58 Å². The Bertz CT molecular complexity index is 499. The Kier molecular flexibility index (Phi) is 4.19. The van der Waals surface area contributed by atoms with Crippen LogP contribution in [0.3, 0.4) is 0 Å². The van der Waals surface area contributed by atoms with Gasteiger partial charge < -0.3 is 10.0 Å². The van der Waals surface area contributed by atoms with E-state index in [2.05, 4.69) is 22.4 Å². The molecule has 0 aromatic carbocycles. The van der Waals surface area contributed by atoms with Crippen LogP contribution in [0.4, 0.5) is 0 Å². The number of aromatic nitrogens is 4. The highest BCUT2D eigenvalue weighted by atomic mass is 16.3. The zero-order chi connectivity index (χ0) is 14.8. The highest BCUT2D eigenvalue weighted by molar-refractivity contribution is 5.82. The van der Waals surface area contributed by atoms with E-state index in [-0.39, 0.29) is 30.5 Å². The summed E-state index contributed by atoms with van der Waals surface area (Å²) in [7, 11) is 0. The third-order valence-electron chi connectivity index (χ3n) is 4.48. The van der Waals surface area contributed by atoms with Gasteiger partial charge in [0.25, 0.3) is 0 Å². The summed E-state index contributed by atoms with van der Waals surface area (Å²) in [6, 6.07) is -0.165. The number of aryl methyl sites for hydroxylation is 1. The molecular weight excluding hydrogens is 270 g/mol. The first kappa shape index (κ1) is 14.4. The fourth-order valence-corrected chi connectivity index (χ4v) is 3.11. The van der Waals surface area contributed by atoms with Gasteiger partial charge in [-0.2, -0.15) is 0 Å². The average molecular weight is 293 g/mol. The maximum absolute atomic E-state index is 12.5. The fraction of sp³-hybridized carbons (Fsp3) is 0.857. The van der Waals surface area contributed by atoms with E-state index >= 15 is 0 Å². The molecule has 21 heavy (non-hydrogen) atoms. The topological polar surface area (TPSA) is 84.1 Å². The number of hydrogen-bond acceptors (Lipinski definition) is 5. The Labute approximate surface area is 124 Å². The summed E-state index contributed by atoms with van der Waals surface area (Å²) in [4.78, 5) is 14.4. The van der Waals surface area contributed by atoms with Gasteiger partial charge in [0.05, 0.1) is 18.7 Å². The molecule has 1 aromatic heterocycles. The van der Waals surface area contributed by atoms with Gasteiger partial charge >= 0.3 is 0 Å². The van der Waals surface area contributed by atoms with Crippen molar-refractivity contribution in [2.24, 2.45) is 5.92 Å². The van der Waals surface area contributed by atoms with Gasteiger partial charge in [-0.15, -0.1) is 5.10 Å². The smallest absolute Gasteiger partial charge is 0.226 e. The first-order valence-corrected chi connectivity index (χ1v) is 7.95. The molecule has 1 amide bonds.